The number of nitrogens with one attached hydrogen (secondary N) is 1. The summed E-state index contributed by atoms with van der Waals surface area (Å²) in [6, 6.07) is 3.42. The molecule has 17 heavy (non-hydrogen) atoms. The molecule has 0 fully saturated rings. The van der Waals surface area contributed by atoms with Gasteiger partial charge < -0.3 is 10.1 Å². The maximum atomic E-state index is 10.5. The highest BCUT2D eigenvalue weighted by atomic mass is 79.9. The summed E-state index contributed by atoms with van der Waals surface area (Å²) >= 11 is 15.4. The molecule has 1 aromatic carbocycles. The smallest absolute Gasteiger partial charge is 0.303 e. The molecule has 0 aliphatic carbocycles. The highest BCUT2D eigenvalue weighted by Gasteiger charge is 2.13. The average molecular weight is 337 g/mol. The molecule has 0 radical (unpaired) electrons. The van der Waals surface area contributed by atoms with Crippen molar-refractivity contribution in [2.45, 2.75) is 12.8 Å². The molecule has 0 saturated heterocycles. The van der Waals surface area contributed by atoms with Crippen LogP contribution < -0.4 is 0 Å². The molecule has 0 aliphatic rings. The molecule has 90 valence electrons. The van der Waals surface area contributed by atoms with Crippen molar-refractivity contribution in [3.63, 3.8) is 0 Å². The molecule has 2 N–H and O–H groups in total. The van der Waals surface area contributed by atoms with E-state index in [1.54, 1.807) is 12.1 Å². The Kier molecular flexibility index (Phi) is 3.66. The lowest BCUT2D eigenvalue weighted by molar-refractivity contribution is -0.136. The number of carbonyl (C=O) groups is 1. The van der Waals surface area contributed by atoms with Crippen LogP contribution in [0.4, 0.5) is 0 Å². The molecular formula is C11H8BrCl2NO2. The summed E-state index contributed by atoms with van der Waals surface area (Å²) in [5.74, 6) is -0.834. The number of H-pyrrole nitrogens is 1. The van der Waals surface area contributed by atoms with E-state index in [1.165, 1.54) is 0 Å². The third kappa shape index (κ3) is 2.59. The van der Waals surface area contributed by atoms with Gasteiger partial charge in [-0.25, -0.2) is 0 Å². The monoisotopic (exact) mass is 335 g/mol. The maximum absolute atomic E-state index is 10.5. The number of aryl methyl sites for hydroxylation is 1. The van der Waals surface area contributed by atoms with Gasteiger partial charge in [0, 0.05) is 26.1 Å². The van der Waals surface area contributed by atoms with Crippen LogP contribution in [0.15, 0.2) is 16.6 Å². The molecule has 2 aromatic rings. The van der Waals surface area contributed by atoms with Crippen LogP contribution in [0.2, 0.25) is 10.0 Å². The highest BCUT2D eigenvalue weighted by Crippen LogP contribution is 2.36. The summed E-state index contributed by atoms with van der Waals surface area (Å²) in [6.45, 7) is 0. The molecule has 2 rings (SSSR count). The zero-order valence-corrected chi connectivity index (χ0v) is 11.7. The summed E-state index contributed by atoms with van der Waals surface area (Å²) in [5.41, 5.74) is 1.61. The van der Waals surface area contributed by atoms with Gasteiger partial charge in [-0.15, -0.1) is 0 Å². The van der Waals surface area contributed by atoms with Crippen LogP contribution in [0.3, 0.4) is 0 Å². The minimum atomic E-state index is -0.834. The van der Waals surface area contributed by atoms with Gasteiger partial charge >= 0.3 is 5.97 Å². The first-order valence-electron chi connectivity index (χ1n) is 4.86. The second kappa shape index (κ2) is 4.88. The van der Waals surface area contributed by atoms with Crippen molar-refractivity contribution < 1.29 is 9.90 Å². The number of benzene rings is 1. The predicted molar refractivity (Wildman–Crippen MR) is 72.0 cm³/mol. The van der Waals surface area contributed by atoms with E-state index in [9.17, 15) is 4.79 Å². The first-order chi connectivity index (χ1) is 7.99. The van der Waals surface area contributed by atoms with Gasteiger partial charge in [-0.05, 0) is 34.5 Å². The quantitative estimate of drug-likeness (QED) is 0.880. The fourth-order valence-corrected chi connectivity index (χ4v) is 3.09. The highest BCUT2D eigenvalue weighted by molar-refractivity contribution is 9.10. The Hall–Kier alpha value is -0.710. The average Bonchev–Trinajstić information content (AvgIpc) is 2.52. The molecule has 1 heterocycles. The Morgan fingerprint density at radius 3 is 2.76 bits per heavy atom. The van der Waals surface area contributed by atoms with Crippen molar-refractivity contribution in [3.8, 4) is 0 Å². The molecule has 0 aliphatic heterocycles. The molecule has 1 aromatic heterocycles. The molecular weight excluding hydrogens is 329 g/mol. The number of halogens is 3. The summed E-state index contributed by atoms with van der Waals surface area (Å²) in [6.07, 6.45) is 0.481. The first kappa shape index (κ1) is 12.7. The topological polar surface area (TPSA) is 53.1 Å². The van der Waals surface area contributed by atoms with Crippen LogP contribution in [0.5, 0.6) is 0 Å². The minimum Gasteiger partial charge on any atom is -0.481 e. The number of hydrogen-bond acceptors (Lipinski definition) is 1. The molecule has 0 unspecified atom stereocenters. The number of aromatic nitrogens is 1. The van der Waals surface area contributed by atoms with E-state index in [2.05, 4.69) is 20.9 Å². The van der Waals surface area contributed by atoms with Crippen LogP contribution in [0.25, 0.3) is 10.9 Å². The third-order valence-corrected chi connectivity index (χ3v) is 3.81. The Labute approximate surface area is 116 Å². The van der Waals surface area contributed by atoms with Crippen molar-refractivity contribution in [1.82, 2.24) is 4.98 Å². The Balaban J connectivity index is 2.49. The van der Waals surface area contributed by atoms with E-state index in [4.69, 9.17) is 28.3 Å². The van der Waals surface area contributed by atoms with Crippen molar-refractivity contribution >= 4 is 56.0 Å². The molecule has 0 atom stereocenters. The lowest BCUT2D eigenvalue weighted by Crippen LogP contribution is -1.97. The standard InChI is InChI=1S/C11H8BrCl2NO2/c12-11-7(1-2-9(16)17)15-8-4-5(13)3-6(14)10(8)11/h3-4,15H,1-2H2,(H,16,17). The number of carboxylic acid groups (broad SMARTS) is 1. The van der Waals surface area contributed by atoms with Crippen molar-refractivity contribution in [1.29, 1.82) is 0 Å². The summed E-state index contributed by atoms with van der Waals surface area (Å²) in [7, 11) is 0. The molecule has 3 nitrogen and oxygen atoms in total. The van der Waals surface area contributed by atoms with Gasteiger partial charge in [-0.2, -0.15) is 0 Å². The van der Waals surface area contributed by atoms with Crippen LogP contribution in [0.1, 0.15) is 12.1 Å². The zero-order chi connectivity index (χ0) is 12.6. The minimum absolute atomic E-state index is 0.0662. The number of aromatic amines is 1. The third-order valence-electron chi connectivity index (χ3n) is 2.41. The zero-order valence-electron chi connectivity index (χ0n) is 8.56. The van der Waals surface area contributed by atoms with Crippen molar-refractivity contribution in [2.75, 3.05) is 0 Å². The fraction of sp³-hybridized carbons (Fsp3) is 0.182. The summed E-state index contributed by atoms with van der Waals surface area (Å²) < 4.78 is 0.801. The maximum Gasteiger partial charge on any atom is 0.303 e. The van der Waals surface area contributed by atoms with E-state index < -0.39 is 5.97 Å². The van der Waals surface area contributed by atoms with E-state index in [0.29, 0.717) is 16.5 Å². The van der Waals surface area contributed by atoms with Gasteiger partial charge in [0.05, 0.1) is 11.4 Å². The van der Waals surface area contributed by atoms with Crippen LogP contribution >= 0.6 is 39.1 Å². The van der Waals surface area contributed by atoms with Gasteiger partial charge in [-0.3, -0.25) is 4.79 Å². The second-order valence-electron chi connectivity index (χ2n) is 3.62. The van der Waals surface area contributed by atoms with Gasteiger partial charge in [-0.1, -0.05) is 23.2 Å². The summed E-state index contributed by atoms with van der Waals surface area (Å²) in [5, 5.41) is 10.6. The van der Waals surface area contributed by atoms with Gasteiger partial charge in [0.15, 0.2) is 0 Å². The number of fused-ring (bicyclic) bond motifs is 1. The van der Waals surface area contributed by atoms with Gasteiger partial charge in [0.1, 0.15) is 0 Å². The van der Waals surface area contributed by atoms with E-state index in [-0.39, 0.29) is 6.42 Å². The Morgan fingerprint density at radius 2 is 2.12 bits per heavy atom. The van der Waals surface area contributed by atoms with E-state index in [0.717, 1.165) is 21.1 Å². The molecule has 6 heteroatoms. The predicted octanol–water partition coefficient (Wildman–Crippen LogP) is 4.25. The molecule has 0 amide bonds. The van der Waals surface area contributed by atoms with Crippen LogP contribution in [0, 0.1) is 0 Å². The first-order valence-corrected chi connectivity index (χ1v) is 6.41. The van der Waals surface area contributed by atoms with E-state index in [1.807, 2.05) is 0 Å². The SMILES string of the molecule is O=C(O)CCc1[nH]c2cc(Cl)cc(Cl)c2c1Br. The number of aliphatic carboxylic acids is 1. The Bertz CT molecular complexity index is 595. The normalized spacial score (nSPS) is 11.0. The lowest BCUT2D eigenvalue weighted by atomic mass is 10.2. The number of rotatable bonds is 3. The molecule has 0 spiro atoms. The van der Waals surface area contributed by atoms with Gasteiger partial charge in [0.2, 0.25) is 0 Å². The van der Waals surface area contributed by atoms with Crippen LogP contribution in [-0.2, 0) is 11.2 Å². The largest absolute Gasteiger partial charge is 0.481 e. The van der Waals surface area contributed by atoms with Crippen LogP contribution in [-0.4, -0.2) is 16.1 Å². The number of hydrogen-bond donors (Lipinski definition) is 2. The van der Waals surface area contributed by atoms with Gasteiger partial charge in [0.25, 0.3) is 0 Å². The fourth-order valence-electron chi connectivity index (χ4n) is 1.67. The molecule has 0 saturated carbocycles. The Morgan fingerprint density at radius 1 is 1.41 bits per heavy atom. The van der Waals surface area contributed by atoms with E-state index >= 15 is 0 Å². The lowest BCUT2D eigenvalue weighted by Gasteiger charge is -1.96. The molecule has 0 bridgehead atoms. The second-order valence-corrected chi connectivity index (χ2v) is 5.26. The number of carboxylic acids is 1. The summed E-state index contributed by atoms with van der Waals surface area (Å²) in [4.78, 5) is 13.7. The van der Waals surface area contributed by atoms with Crippen molar-refractivity contribution in [2.24, 2.45) is 0 Å². The van der Waals surface area contributed by atoms with Crippen molar-refractivity contribution in [3.05, 3.63) is 32.3 Å².